The summed E-state index contributed by atoms with van der Waals surface area (Å²) in [6.07, 6.45) is 10.7. The van der Waals surface area contributed by atoms with Crippen molar-refractivity contribution in [1.29, 1.82) is 0 Å². The third-order valence-corrected chi connectivity index (χ3v) is 4.56. The molecule has 3 atom stereocenters. The average molecular weight is 217 g/mol. The van der Waals surface area contributed by atoms with Crippen LogP contribution in [0.3, 0.4) is 0 Å². The van der Waals surface area contributed by atoms with Gasteiger partial charge in [0.1, 0.15) is 0 Å². The second-order valence-corrected chi connectivity index (χ2v) is 5.29. The van der Waals surface area contributed by atoms with Gasteiger partial charge in [0.05, 0.1) is 6.04 Å². The predicted molar refractivity (Wildman–Crippen MR) is 58.8 cm³/mol. The molecule has 2 bridgehead atoms. The Morgan fingerprint density at radius 2 is 2.38 bits per heavy atom. The van der Waals surface area contributed by atoms with Crippen molar-refractivity contribution in [2.75, 3.05) is 6.54 Å². The van der Waals surface area contributed by atoms with Crippen LogP contribution >= 0.6 is 0 Å². The van der Waals surface area contributed by atoms with E-state index in [1.807, 2.05) is 0 Å². The third-order valence-electron chi connectivity index (χ3n) is 4.56. The first-order valence-corrected chi connectivity index (χ1v) is 6.19. The topological polar surface area (TPSA) is 29.5 Å². The third kappa shape index (κ3) is 0.908. The highest BCUT2D eigenvalue weighted by Crippen LogP contribution is 2.51. The van der Waals surface area contributed by atoms with Crippen molar-refractivity contribution in [1.82, 2.24) is 4.90 Å². The van der Waals surface area contributed by atoms with E-state index in [2.05, 4.69) is 17.1 Å². The number of ether oxygens (including phenoxy) is 1. The summed E-state index contributed by atoms with van der Waals surface area (Å²) in [7, 11) is 0. The first-order valence-electron chi connectivity index (χ1n) is 6.19. The first kappa shape index (κ1) is 8.99. The molecule has 0 aromatic carbocycles. The van der Waals surface area contributed by atoms with Crippen molar-refractivity contribution < 1.29 is 9.53 Å². The lowest BCUT2D eigenvalue weighted by Gasteiger charge is -2.37. The van der Waals surface area contributed by atoms with Gasteiger partial charge < -0.3 is 4.74 Å². The Kier molecular flexibility index (Phi) is 1.56. The Balaban J connectivity index is 1.84. The monoisotopic (exact) mass is 217 g/mol. The molecule has 16 heavy (non-hydrogen) atoms. The Morgan fingerprint density at radius 1 is 1.44 bits per heavy atom. The summed E-state index contributed by atoms with van der Waals surface area (Å²) in [5.74, 6) is -0.146. The van der Waals surface area contributed by atoms with E-state index < -0.39 is 0 Å². The summed E-state index contributed by atoms with van der Waals surface area (Å²) in [4.78, 5) is 14.1. The summed E-state index contributed by atoms with van der Waals surface area (Å²) in [5.41, 5.74) is 0.833. The Labute approximate surface area is 94.8 Å². The van der Waals surface area contributed by atoms with Crippen LogP contribution in [0.25, 0.3) is 0 Å². The molecule has 3 heterocycles. The van der Waals surface area contributed by atoms with E-state index in [0.29, 0.717) is 12.1 Å². The van der Waals surface area contributed by atoms with Gasteiger partial charge in [0, 0.05) is 24.1 Å². The normalized spacial score (nSPS) is 45.0. The van der Waals surface area contributed by atoms with E-state index in [9.17, 15) is 4.79 Å². The highest BCUT2D eigenvalue weighted by Gasteiger charge is 2.59. The maximum atomic E-state index is 11.5. The molecule has 0 radical (unpaired) electrons. The van der Waals surface area contributed by atoms with Crippen molar-refractivity contribution in [3.63, 3.8) is 0 Å². The molecule has 3 nitrogen and oxygen atoms in total. The zero-order valence-corrected chi connectivity index (χ0v) is 9.19. The standard InChI is InChI=1S/C13H15NO2/c15-12-7-9-4-5-10-8-13(9,16-12)11-3-1-2-6-14(10)11/h4-5,7,10-11H,1-3,6,8H2/t10?,11-,13+/m1/s1. The summed E-state index contributed by atoms with van der Waals surface area (Å²) in [6, 6.07) is 0.923. The van der Waals surface area contributed by atoms with Crippen LogP contribution in [0.4, 0.5) is 0 Å². The van der Waals surface area contributed by atoms with Gasteiger partial charge in [-0.1, -0.05) is 18.6 Å². The molecule has 3 heteroatoms. The molecule has 4 aliphatic rings. The highest BCUT2D eigenvalue weighted by molar-refractivity contribution is 5.88. The molecule has 1 unspecified atom stereocenters. The minimum absolute atomic E-state index is 0.146. The molecule has 1 spiro atoms. The van der Waals surface area contributed by atoms with Gasteiger partial charge in [0.2, 0.25) is 0 Å². The van der Waals surface area contributed by atoms with Crippen molar-refractivity contribution >= 4 is 5.97 Å². The molecule has 0 aromatic rings. The van der Waals surface area contributed by atoms with E-state index in [1.165, 1.54) is 19.3 Å². The molecule has 84 valence electrons. The Morgan fingerprint density at radius 3 is 3.31 bits per heavy atom. The molecule has 2 saturated heterocycles. The molecule has 4 rings (SSSR count). The first-order chi connectivity index (χ1) is 7.79. The van der Waals surface area contributed by atoms with Gasteiger partial charge in [-0.15, -0.1) is 0 Å². The number of fused-ring (bicyclic) bond motifs is 3. The Bertz CT molecular complexity index is 426. The fourth-order valence-electron chi connectivity index (χ4n) is 3.94. The minimum atomic E-state index is -0.281. The van der Waals surface area contributed by atoms with Gasteiger partial charge in [-0.05, 0) is 19.4 Å². The van der Waals surface area contributed by atoms with Gasteiger partial charge in [-0.3, -0.25) is 4.90 Å². The van der Waals surface area contributed by atoms with Crippen molar-refractivity contribution in [2.24, 2.45) is 0 Å². The molecule has 0 aromatic heterocycles. The molecule has 0 N–H and O–H groups in total. The molecule has 1 aliphatic carbocycles. The predicted octanol–water partition coefficient (Wildman–Crippen LogP) is 1.41. The van der Waals surface area contributed by atoms with E-state index in [-0.39, 0.29) is 11.6 Å². The number of hydrogen-bond acceptors (Lipinski definition) is 3. The zero-order valence-electron chi connectivity index (χ0n) is 9.19. The van der Waals surface area contributed by atoms with Gasteiger partial charge in [0.25, 0.3) is 0 Å². The van der Waals surface area contributed by atoms with Crippen LogP contribution in [0.5, 0.6) is 0 Å². The average Bonchev–Trinajstić information content (AvgIpc) is 2.76. The van der Waals surface area contributed by atoms with Gasteiger partial charge in [-0.2, -0.15) is 0 Å². The van der Waals surface area contributed by atoms with Gasteiger partial charge in [-0.25, -0.2) is 4.79 Å². The summed E-state index contributed by atoms with van der Waals surface area (Å²) in [6.45, 7) is 1.16. The SMILES string of the molecule is O=C1C=C2C=CC3C[C@@]2(O1)[C@H]1CCCCN31. The lowest BCUT2D eigenvalue weighted by molar-refractivity contribution is -0.148. The number of rotatable bonds is 0. The fourth-order valence-corrected chi connectivity index (χ4v) is 3.94. The van der Waals surface area contributed by atoms with Crippen LogP contribution < -0.4 is 0 Å². The summed E-state index contributed by atoms with van der Waals surface area (Å²) < 4.78 is 5.69. The zero-order chi connectivity index (χ0) is 10.8. The van der Waals surface area contributed by atoms with E-state index in [4.69, 9.17) is 4.74 Å². The van der Waals surface area contributed by atoms with Crippen molar-refractivity contribution in [3.05, 3.63) is 23.8 Å². The maximum absolute atomic E-state index is 11.5. The molecule has 0 saturated carbocycles. The van der Waals surface area contributed by atoms with Crippen LogP contribution in [-0.4, -0.2) is 35.1 Å². The largest absolute Gasteiger partial charge is 0.449 e. The number of nitrogens with zero attached hydrogens (tertiary/aromatic N) is 1. The number of piperidine rings is 1. The Hall–Kier alpha value is -1.09. The number of carbonyl (C=O) groups excluding carboxylic acids is 1. The number of esters is 1. The molecule has 3 aliphatic heterocycles. The summed E-state index contributed by atoms with van der Waals surface area (Å²) >= 11 is 0. The van der Waals surface area contributed by atoms with Crippen LogP contribution in [0.2, 0.25) is 0 Å². The van der Waals surface area contributed by atoms with Crippen molar-refractivity contribution in [2.45, 2.75) is 43.4 Å². The van der Waals surface area contributed by atoms with E-state index in [0.717, 1.165) is 18.5 Å². The number of hydrogen-bond donors (Lipinski definition) is 0. The van der Waals surface area contributed by atoms with Gasteiger partial charge in [0.15, 0.2) is 5.60 Å². The van der Waals surface area contributed by atoms with E-state index in [1.54, 1.807) is 6.08 Å². The fraction of sp³-hybridized carbons (Fsp3) is 0.615. The van der Waals surface area contributed by atoms with Crippen LogP contribution in [-0.2, 0) is 9.53 Å². The molecule has 0 amide bonds. The number of carbonyl (C=O) groups is 1. The highest BCUT2D eigenvalue weighted by atomic mass is 16.6. The second-order valence-electron chi connectivity index (χ2n) is 5.29. The molecule has 2 fully saturated rings. The van der Waals surface area contributed by atoms with Crippen LogP contribution in [0.1, 0.15) is 25.7 Å². The van der Waals surface area contributed by atoms with Crippen LogP contribution in [0, 0.1) is 0 Å². The molecular weight excluding hydrogens is 202 g/mol. The quantitative estimate of drug-likeness (QED) is 0.574. The van der Waals surface area contributed by atoms with Gasteiger partial charge >= 0.3 is 5.97 Å². The smallest absolute Gasteiger partial charge is 0.332 e. The maximum Gasteiger partial charge on any atom is 0.332 e. The lowest BCUT2D eigenvalue weighted by atomic mass is 9.80. The van der Waals surface area contributed by atoms with Crippen molar-refractivity contribution in [3.8, 4) is 0 Å². The minimum Gasteiger partial charge on any atom is -0.449 e. The van der Waals surface area contributed by atoms with E-state index >= 15 is 0 Å². The molecular formula is C13H15NO2. The second kappa shape index (κ2) is 2.77. The summed E-state index contributed by atoms with van der Waals surface area (Å²) in [5, 5.41) is 0. The lowest BCUT2D eigenvalue weighted by Crippen LogP contribution is -2.48. The van der Waals surface area contributed by atoms with Crippen LogP contribution in [0.15, 0.2) is 23.8 Å².